The van der Waals surface area contributed by atoms with E-state index in [0.717, 1.165) is 12.8 Å². The molecule has 0 aromatic rings. The predicted octanol–water partition coefficient (Wildman–Crippen LogP) is 2.65. The Morgan fingerprint density at radius 2 is 2.11 bits per heavy atom. The lowest BCUT2D eigenvalue weighted by Gasteiger charge is -2.33. The summed E-state index contributed by atoms with van der Waals surface area (Å²) in [7, 11) is 0. The molecule has 3 heteroatoms. The van der Waals surface area contributed by atoms with Gasteiger partial charge in [0.2, 0.25) is 5.91 Å². The van der Waals surface area contributed by atoms with Gasteiger partial charge in [-0.15, -0.1) is 0 Å². The zero-order valence-corrected chi connectivity index (χ0v) is 12.1. The molecule has 0 heterocycles. The van der Waals surface area contributed by atoms with Gasteiger partial charge in [0.25, 0.3) is 0 Å². The van der Waals surface area contributed by atoms with Gasteiger partial charge in [0.1, 0.15) is 0 Å². The van der Waals surface area contributed by atoms with E-state index >= 15 is 0 Å². The van der Waals surface area contributed by atoms with Crippen molar-refractivity contribution in [2.24, 2.45) is 11.3 Å². The summed E-state index contributed by atoms with van der Waals surface area (Å²) in [6.07, 6.45) is 6.41. The minimum Gasteiger partial charge on any atom is -0.396 e. The number of aliphatic hydroxyl groups excluding tert-OH is 1. The molecule has 0 spiro atoms. The average Bonchev–Trinajstić information content (AvgIpc) is 2.30. The number of rotatable bonds is 4. The number of aliphatic hydroxyl groups is 1. The van der Waals surface area contributed by atoms with Gasteiger partial charge in [0, 0.05) is 18.7 Å². The van der Waals surface area contributed by atoms with E-state index in [1.165, 1.54) is 18.4 Å². The number of hydrogen-bond acceptors (Lipinski definition) is 2. The molecule has 104 valence electrons. The van der Waals surface area contributed by atoms with Gasteiger partial charge in [-0.05, 0) is 37.5 Å². The second-order valence-corrected chi connectivity index (χ2v) is 6.22. The zero-order chi connectivity index (χ0) is 13.8. The van der Waals surface area contributed by atoms with Crippen molar-refractivity contribution in [3.8, 4) is 0 Å². The largest absolute Gasteiger partial charge is 0.396 e. The van der Waals surface area contributed by atoms with E-state index in [9.17, 15) is 4.79 Å². The molecule has 1 rings (SSSR count). The molecule has 0 aromatic heterocycles. The number of hydrogen-bond donors (Lipinski definition) is 2. The summed E-state index contributed by atoms with van der Waals surface area (Å²) in [6, 6.07) is 0.00560. The fraction of sp³-hybridized carbons (Fsp3) is 0.800. The van der Waals surface area contributed by atoms with Gasteiger partial charge >= 0.3 is 0 Å². The summed E-state index contributed by atoms with van der Waals surface area (Å²) in [6.45, 7) is 8.39. The maximum absolute atomic E-state index is 12.0. The molecule has 0 aromatic carbocycles. The predicted molar refractivity (Wildman–Crippen MR) is 74.2 cm³/mol. The molecule has 18 heavy (non-hydrogen) atoms. The maximum atomic E-state index is 12.0. The van der Waals surface area contributed by atoms with Crippen molar-refractivity contribution < 1.29 is 9.90 Å². The third kappa shape index (κ3) is 4.13. The van der Waals surface area contributed by atoms with E-state index in [-0.39, 0.29) is 29.9 Å². The first kappa shape index (κ1) is 15.2. The smallest absolute Gasteiger partial charge is 0.244 e. The Morgan fingerprint density at radius 3 is 2.67 bits per heavy atom. The van der Waals surface area contributed by atoms with Gasteiger partial charge < -0.3 is 10.4 Å². The lowest BCUT2D eigenvalue weighted by Crippen LogP contribution is -2.38. The van der Waals surface area contributed by atoms with Crippen molar-refractivity contribution in [3.05, 3.63) is 11.6 Å². The second kappa shape index (κ2) is 6.37. The molecule has 0 aliphatic heterocycles. The van der Waals surface area contributed by atoms with Crippen LogP contribution in [0.3, 0.4) is 0 Å². The quantitative estimate of drug-likeness (QED) is 0.757. The Hall–Kier alpha value is -0.830. The highest BCUT2D eigenvalue weighted by molar-refractivity contribution is 5.88. The third-order valence-corrected chi connectivity index (χ3v) is 4.18. The third-order valence-electron chi connectivity index (χ3n) is 4.18. The fourth-order valence-corrected chi connectivity index (χ4v) is 2.37. The Bertz CT molecular complexity index is 320. The summed E-state index contributed by atoms with van der Waals surface area (Å²) in [5.74, 6) is 0.0690. The van der Waals surface area contributed by atoms with Crippen molar-refractivity contribution in [3.63, 3.8) is 0 Å². The number of allylic oxidation sites excluding steroid dienone is 1. The van der Waals surface area contributed by atoms with E-state index in [2.05, 4.69) is 19.2 Å². The monoisotopic (exact) mass is 253 g/mol. The number of carbonyl (C=O) groups excluding carboxylic acids is 1. The molecule has 2 N–H and O–H groups in total. The summed E-state index contributed by atoms with van der Waals surface area (Å²) in [5, 5.41) is 12.0. The summed E-state index contributed by atoms with van der Waals surface area (Å²) >= 11 is 0. The topological polar surface area (TPSA) is 49.3 Å². The normalized spacial score (nSPS) is 24.6. The van der Waals surface area contributed by atoms with E-state index in [4.69, 9.17) is 5.11 Å². The molecule has 0 radical (unpaired) electrons. The molecule has 0 bridgehead atoms. The molecule has 3 nitrogen and oxygen atoms in total. The minimum atomic E-state index is -0.0206. The Balaban J connectivity index is 2.62. The molecule has 1 aliphatic carbocycles. The highest BCUT2D eigenvalue weighted by Crippen LogP contribution is 2.39. The molecule has 1 aliphatic rings. The molecule has 1 amide bonds. The summed E-state index contributed by atoms with van der Waals surface area (Å²) in [4.78, 5) is 12.0. The van der Waals surface area contributed by atoms with Gasteiger partial charge in [-0.25, -0.2) is 0 Å². The lowest BCUT2D eigenvalue weighted by atomic mass is 9.73. The Morgan fingerprint density at radius 1 is 1.44 bits per heavy atom. The first-order valence-electron chi connectivity index (χ1n) is 6.99. The number of nitrogens with one attached hydrogen (secondary N) is 1. The molecule has 0 saturated heterocycles. The zero-order valence-electron chi connectivity index (χ0n) is 12.1. The summed E-state index contributed by atoms with van der Waals surface area (Å²) < 4.78 is 0. The van der Waals surface area contributed by atoms with Crippen LogP contribution in [-0.4, -0.2) is 23.7 Å². The van der Waals surface area contributed by atoms with Gasteiger partial charge in [0.05, 0.1) is 0 Å². The van der Waals surface area contributed by atoms with Crippen LogP contribution in [0.2, 0.25) is 0 Å². The average molecular weight is 253 g/mol. The highest BCUT2D eigenvalue weighted by atomic mass is 16.3. The van der Waals surface area contributed by atoms with Gasteiger partial charge in [-0.2, -0.15) is 0 Å². The van der Waals surface area contributed by atoms with E-state index in [1.807, 2.05) is 13.8 Å². The van der Waals surface area contributed by atoms with Crippen LogP contribution in [0, 0.1) is 11.3 Å². The molecule has 2 atom stereocenters. The van der Waals surface area contributed by atoms with Crippen molar-refractivity contribution >= 4 is 5.91 Å². The van der Waals surface area contributed by atoms with Crippen LogP contribution < -0.4 is 5.32 Å². The van der Waals surface area contributed by atoms with Crippen LogP contribution in [0.5, 0.6) is 0 Å². The van der Waals surface area contributed by atoms with E-state index < -0.39 is 0 Å². The minimum absolute atomic E-state index is 0.00560. The number of carbonyl (C=O) groups is 1. The molecule has 1 fully saturated rings. The van der Waals surface area contributed by atoms with Gasteiger partial charge in [0.15, 0.2) is 0 Å². The first-order chi connectivity index (χ1) is 8.36. The highest BCUT2D eigenvalue weighted by Gasteiger charge is 2.27. The Kier molecular flexibility index (Phi) is 5.39. The van der Waals surface area contributed by atoms with E-state index in [0.29, 0.717) is 0 Å². The maximum Gasteiger partial charge on any atom is 0.244 e. The van der Waals surface area contributed by atoms with Crippen LogP contribution in [0.1, 0.15) is 53.4 Å². The van der Waals surface area contributed by atoms with Gasteiger partial charge in [-0.3, -0.25) is 4.79 Å². The van der Waals surface area contributed by atoms with Gasteiger partial charge in [-0.1, -0.05) is 32.8 Å². The van der Waals surface area contributed by atoms with E-state index in [1.54, 1.807) is 6.08 Å². The van der Waals surface area contributed by atoms with Crippen molar-refractivity contribution in [2.45, 2.75) is 59.4 Å². The van der Waals surface area contributed by atoms with Crippen LogP contribution in [-0.2, 0) is 4.79 Å². The molecular formula is C15H27NO2. The first-order valence-corrected chi connectivity index (χ1v) is 6.99. The molecular weight excluding hydrogens is 226 g/mol. The van der Waals surface area contributed by atoms with Crippen molar-refractivity contribution in [1.82, 2.24) is 5.32 Å². The van der Waals surface area contributed by atoms with Crippen LogP contribution in [0.25, 0.3) is 0 Å². The molecule has 1 saturated carbocycles. The fourth-order valence-electron chi connectivity index (χ4n) is 2.37. The molecule has 2 unspecified atom stereocenters. The number of amides is 1. The second-order valence-electron chi connectivity index (χ2n) is 6.22. The lowest BCUT2D eigenvalue weighted by molar-refractivity contribution is -0.117. The van der Waals surface area contributed by atoms with Crippen LogP contribution in [0.4, 0.5) is 0 Å². The van der Waals surface area contributed by atoms with Crippen molar-refractivity contribution in [2.75, 3.05) is 6.61 Å². The van der Waals surface area contributed by atoms with Crippen molar-refractivity contribution in [1.29, 1.82) is 0 Å². The van der Waals surface area contributed by atoms with Crippen LogP contribution in [0.15, 0.2) is 11.6 Å². The SMILES string of the molecule is CC(CO)C(C)NC(=O)/C=C1/CCCCC1(C)C. The Labute approximate surface area is 111 Å². The van der Waals surface area contributed by atoms with Crippen LogP contribution >= 0.6 is 0 Å². The summed E-state index contributed by atoms with van der Waals surface area (Å²) in [5.41, 5.74) is 1.41. The standard InChI is InChI=1S/C15H27NO2/c1-11(10-17)12(2)16-14(18)9-13-7-5-6-8-15(13,3)4/h9,11-12,17H,5-8,10H2,1-4H3,(H,16,18)/b13-9-.